The van der Waals surface area contributed by atoms with Gasteiger partial charge in [-0.3, -0.25) is 0 Å². The van der Waals surface area contributed by atoms with Crippen LogP contribution in [-0.4, -0.2) is 18.9 Å². The van der Waals surface area contributed by atoms with Gasteiger partial charge in [0.1, 0.15) is 6.61 Å². The Bertz CT molecular complexity index is 212. The van der Waals surface area contributed by atoms with Crippen LogP contribution < -0.4 is 0 Å². The highest BCUT2D eigenvalue weighted by Crippen LogP contribution is 2.24. The van der Waals surface area contributed by atoms with E-state index in [1.165, 1.54) is 0 Å². The van der Waals surface area contributed by atoms with Crippen molar-refractivity contribution >= 4 is 67.3 Å². The van der Waals surface area contributed by atoms with Crippen molar-refractivity contribution in [2.75, 3.05) is 6.61 Å². The van der Waals surface area contributed by atoms with Gasteiger partial charge >= 0.3 is 6.16 Å². The van der Waals surface area contributed by atoms with Crippen LogP contribution in [0, 0.1) is 0 Å². The molecule has 76 valence electrons. The molecule has 0 saturated heterocycles. The molecule has 0 aromatic carbocycles. The zero-order valence-electron chi connectivity index (χ0n) is 7.14. The van der Waals surface area contributed by atoms with E-state index in [9.17, 15) is 4.79 Å². The summed E-state index contributed by atoms with van der Waals surface area (Å²) < 4.78 is 11.5. The summed E-state index contributed by atoms with van der Waals surface area (Å²) >= 11 is 7.46. The Labute approximate surface area is 113 Å². The van der Waals surface area contributed by atoms with E-state index in [2.05, 4.69) is 61.1 Å². The van der Waals surface area contributed by atoms with Crippen LogP contribution in [0.3, 0.4) is 0 Å². The number of hydrogen-bond donors (Lipinski definition) is 0. The van der Waals surface area contributed by atoms with E-state index in [4.69, 9.17) is 9.47 Å². The molecule has 0 radical (unpaired) electrons. The van der Waals surface area contributed by atoms with Crippen LogP contribution in [0.15, 0.2) is 6.07 Å². The lowest BCUT2D eigenvalue weighted by molar-refractivity contribution is 0.0412. The highest BCUT2D eigenvalue weighted by Gasteiger charge is 2.07. The van der Waals surface area contributed by atoms with Gasteiger partial charge in [-0.05, 0) is 75.0 Å². The molecule has 6 heteroatoms. The van der Waals surface area contributed by atoms with Crippen molar-refractivity contribution in [1.82, 2.24) is 0 Å². The molecule has 0 aromatic rings. The van der Waals surface area contributed by atoms with Gasteiger partial charge < -0.3 is 9.47 Å². The predicted octanol–water partition coefficient (Wildman–Crippen LogP) is 3.98. The summed E-state index contributed by atoms with van der Waals surface area (Å²) in [5, 5.41) is 0. The molecule has 0 aromatic heterocycles. The average molecular weight is 475 g/mol. The molecule has 0 aliphatic carbocycles. The average Bonchev–Trinajstić information content (AvgIpc) is 1.98. The molecule has 0 saturated carbocycles. The standard InChI is InChI=1S/C7H9BrI2O3/c1-4(2)13-7(11)12-3-5(9)6(8)10/h4H,3H2,1-2H3/b6-5+. The quantitative estimate of drug-likeness (QED) is 0.458. The summed E-state index contributed by atoms with van der Waals surface area (Å²) in [5.41, 5.74) is 0. The van der Waals surface area contributed by atoms with Crippen molar-refractivity contribution in [2.24, 2.45) is 0 Å². The first-order valence-corrected chi connectivity index (χ1v) is 6.41. The summed E-state index contributed by atoms with van der Waals surface area (Å²) in [5.74, 6) is 0. The Kier molecular flexibility index (Phi) is 7.80. The Morgan fingerprint density at radius 3 is 2.38 bits per heavy atom. The molecule has 0 heterocycles. The van der Waals surface area contributed by atoms with Gasteiger partial charge in [0.25, 0.3) is 0 Å². The van der Waals surface area contributed by atoms with Crippen molar-refractivity contribution in [1.29, 1.82) is 0 Å². The summed E-state index contributed by atoms with van der Waals surface area (Å²) in [6, 6.07) is 0. The van der Waals surface area contributed by atoms with Crippen LogP contribution in [0.1, 0.15) is 13.8 Å². The van der Waals surface area contributed by atoms with E-state index < -0.39 is 6.16 Å². The third-order valence-corrected chi connectivity index (χ3v) is 4.61. The van der Waals surface area contributed by atoms with E-state index in [1.54, 1.807) is 13.8 Å². The number of halogens is 3. The van der Waals surface area contributed by atoms with Crippen LogP contribution in [0.2, 0.25) is 0 Å². The van der Waals surface area contributed by atoms with Gasteiger partial charge in [-0.25, -0.2) is 4.79 Å². The fraction of sp³-hybridized carbons (Fsp3) is 0.571. The van der Waals surface area contributed by atoms with Gasteiger partial charge in [-0.2, -0.15) is 0 Å². The van der Waals surface area contributed by atoms with E-state index in [1.807, 2.05) is 0 Å². The molecule has 0 unspecified atom stereocenters. The number of carbonyl (C=O) groups excluding carboxylic acids is 1. The summed E-state index contributed by atoms with van der Waals surface area (Å²) in [4.78, 5) is 10.9. The van der Waals surface area contributed by atoms with E-state index in [0.29, 0.717) is 0 Å². The molecule has 0 aliphatic rings. The first-order chi connectivity index (χ1) is 5.93. The van der Waals surface area contributed by atoms with Crippen LogP contribution in [0.5, 0.6) is 0 Å². The highest BCUT2D eigenvalue weighted by molar-refractivity contribution is 14.1. The lowest BCUT2D eigenvalue weighted by Gasteiger charge is -2.08. The third-order valence-electron chi connectivity index (χ3n) is 0.854. The molecular formula is C7H9BrI2O3. The molecular weight excluding hydrogens is 466 g/mol. The van der Waals surface area contributed by atoms with Crippen LogP contribution in [0.4, 0.5) is 4.79 Å². The van der Waals surface area contributed by atoms with Gasteiger partial charge in [0.05, 0.1) is 8.59 Å². The van der Waals surface area contributed by atoms with Gasteiger partial charge in [0.2, 0.25) is 0 Å². The van der Waals surface area contributed by atoms with E-state index in [-0.39, 0.29) is 12.7 Å². The number of ether oxygens (including phenoxy) is 2. The zero-order chi connectivity index (χ0) is 10.4. The minimum absolute atomic E-state index is 0.141. The number of rotatable bonds is 3. The minimum atomic E-state index is -0.630. The highest BCUT2D eigenvalue weighted by atomic mass is 127. The fourth-order valence-corrected chi connectivity index (χ4v) is 0.829. The fourth-order valence-electron chi connectivity index (χ4n) is 0.403. The Hall–Kier alpha value is 0.950. The summed E-state index contributed by atoms with van der Waals surface area (Å²) in [7, 11) is 0. The molecule has 0 atom stereocenters. The molecule has 0 aliphatic heterocycles. The SMILES string of the molecule is CC(C)OC(=O)OC/C(I)=C(/Br)I. The molecule has 0 fully saturated rings. The maximum Gasteiger partial charge on any atom is 0.508 e. The second-order valence-corrected chi connectivity index (χ2v) is 7.03. The van der Waals surface area contributed by atoms with E-state index >= 15 is 0 Å². The third kappa shape index (κ3) is 7.98. The summed E-state index contributed by atoms with van der Waals surface area (Å²) in [6.07, 6.45) is -0.772. The van der Waals surface area contributed by atoms with Gasteiger partial charge in [-0.15, -0.1) is 0 Å². The van der Waals surface area contributed by atoms with Gasteiger partial charge in [0.15, 0.2) is 0 Å². The van der Waals surface area contributed by atoms with Crippen molar-refractivity contribution in [3.05, 3.63) is 6.07 Å². The molecule has 13 heavy (non-hydrogen) atoms. The predicted molar refractivity (Wildman–Crippen MR) is 71.6 cm³/mol. The normalized spacial score (nSPS) is 12.5. The summed E-state index contributed by atoms with van der Waals surface area (Å²) in [6.45, 7) is 3.79. The molecule has 0 N–H and O–H groups in total. The van der Waals surface area contributed by atoms with Crippen molar-refractivity contribution in [3.8, 4) is 0 Å². The lowest BCUT2D eigenvalue weighted by atomic mass is 10.5. The maximum absolute atomic E-state index is 10.9. The van der Waals surface area contributed by atoms with Gasteiger partial charge in [0, 0.05) is 3.58 Å². The number of hydrogen-bond acceptors (Lipinski definition) is 3. The monoisotopic (exact) mass is 474 g/mol. The zero-order valence-corrected chi connectivity index (χ0v) is 13.0. The van der Waals surface area contributed by atoms with Crippen molar-refractivity contribution in [3.63, 3.8) is 0 Å². The smallest absolute Gasteiger partial charge is 0.432 e. The van der Waals surface area contributed by atoms with Crippen LogP contribution in [0.25, 0.3) is 0 Å². The molecule has 0 amide bonds. The molecule has 0 bridgehead atoms. The Morgan fingerprint density at radius 2 is 2.00 bits per heavy atom. The second-order valence-electron chi connectivity index (χ2n) is 2.37. The first kappa shape index (κ1) is 13.9. The van der Waals surface area contributed by atoms with Crippen molar-refractivity contribution < 1.29 is 14.3 Å². The lowest BCUT2D eigenvalue weighted by Crippen LogP contribution is -2.13. The second kappa shape index (κ2) is 7.27. The minimum Gasteiger partial charge on any atom is -0.432 e. The first-order valence-electron chi connectivity index (χ1n) is 3.46. The molecule has 0 spiro atoms. The molecule has 0 rings (SSSR count). The van der Waals surface area contributed by atoms with E-state index in [0.717, 1.165) is 6.07 Å². The van der Waals surface area contributed by atoms with Crippen LogP contribution in [-0.2, 0) is 9.47 Å². The topological polar surface area (TPSA) is 35.5 Å². The maximum atomic E-state index is 10.9. The Balaban J connectivity index is 3.78. The van der Waals surface area contributed by atoms with Crippen molar-refractivity contribution in [2.45, 2.75) is 20.0 Å². The molecule has 3 nitrogen and oxygen atoms in total. The number of carbonyl (C=O) groups is 1. The van der Waals surface area contributed by atoms with Crippen LogP contribution >= 0.6 is 61.1 Å². The Morgan fingerprint density at radius 1 is 1.46 bits per heavy atom. The van der Waals surface area contributed by atoms with Gasteiger partial charge in [-0.1, -0.05) is 0 Å². The largest absolute Gasteiger partial charge is 0.508 e.